The largest absolute Gasteiger partial charge is 0.416 e. The van der Waals surface area contributed by atoms with E-state index in [0.29, 0.717) is 13.2 Å². The number of rotatable bonds is 5. The van der Waals surface area contributed by atoms with E-state index < -0.39 is 17.6 Å². The van der Waals surface area contributed by atoms with E-state index in [1.54, 1.807) is 0 Å². The van der Waals surface area contributed by atoms with E-state index in [9.17, 15) is 18.0 Å². The monoisotopic (exact) mass is 353 g/mol. The molecule has 1 unspecified atom stereocenters. The van der Waals surface area contributed by atoms with Gasteiger partial charge < -0.3 is 9.64 Å². The summed E-state index contributed by atoms with van der Waals surface area (Å²) >= 11 is 3.33. The summed E-state index contributed by atoms with van der Waals surface area (Å²) in [6.45, 7) is 0.739. The third-order valence-electron chi connectivity index (χ3n) is 2.60. The Kier molecular flexibility index (Phi) is 6.01. The van der Waals surface area contributed by atoms with Gasteiger partial charge in [0.2, 0.25) is 0 Å². The number of amides is 1. The molecule has 20 heavy (non-hydrogen) atoms. The zero-order chi connectivity index (χ0) is 15.3. The van der Waals surface area contributed by atoms with E-state index in [4.69, 9.17) is 4.74 Å². The van der Waals surface area contributed by atoms with Gasteiger partial charge in [-0.15, -0.1) is 0 Å². The molecule has 0 aliphatic rings. The minimum Gasteiger partial charge on any atom is -0.383 e. The van der Waals surface area contributed by atoms with Crippen molar-refractivity contribution in [3.05, 3.63) is 35.4 Å². The van der Waals surface area contributed by atoms with E-state index in [0.717, 1.165) is 12.1 Å². The molecule has 3 nitrogen and oxygen atoms in total. The number of hydrogen-bond donors (Lipinski definition) is 0. The first-order chi connectivity index (χ1) is 9.25. The second-order valence-corrected chi connectivity index (χ2v) is 5.61. The Labute approximate surface area is 123 Å². The molecule has 7 heteroatoms. The highest BCUT2D eigenvalue weighted by Gasteiger charge is 2.31. The smallest absolute Gasteiger partial charge is 0.383 e. The maximum absolute atomic E-state index is 12.6. The lowest BCUT2D eigenvalue weighted by atomic mass is 10.1. The second kappa shape index (κ2) is 7.08. The molecule has 0 saturated heterocycles. The molecule has 0 N–H and O–H groups in total. The van der Waals surface area contributed by atoms with Gasteiger partial charge in [0, 0.05) is 26.3 Å². The van der Waals surface area contributed by atoms with E-state index in [-0.39, 0.29) is 10.4 Å². The lowest BCUT2D eigenvalue weighted by molar-refractivity contribution is -0.137. The number of carbonyl (C=O) groups excluding carboxylic acids is 1. The summed E-state index contributed by atoms with van der Waals surface area (Å²) < 4.78 is 42.7. The Bertz CT molecular complexity index is 465. The van der Waals surface area contributed by atoms with Crippen LogP contribution >= 0.6 is 15.9 Å². The van der Waals surface area contributed by atoms with Gasteiger partial charge in [0.1, 0.15) is 0 Å². The predicted molar refractivity (Wildman–Crippen MR) is 73.0 cm³/mol. The normalized spacial score (nSPS) is 13.1. The average Bonchev–Trinajstić information content (AvgIpc) is 2.37. The lowest BCUT2D eigenvalue weighted by Crippen LogP contribution is -2.33. The summed E-state index contributed by atoms with van der Waals surface area (Å²) in [5.41, 5.74) is -0.816. The molecule has 1 amide bonds. The van der Waals surface area contributed by atoms with Crippen LogP contribution in [-0.2, 0) is 10.9 Å². The van der Waals surface area contributed by atoms with Gasteiger partial charge >= 0.3 is 6.18 Å². The SMILES string of the molecule is COCC(Br)CN(C)C(=O)c1cccc(C(F)(F)F)c1. The van der Waals surface area contributed by atoms with Crippen LogP contribution in [0.3, 0.4) is 0 Å². The van der Waals surface area contributed by atoms with Crippen molar-refractivity contribution < 1.29 is 22.7 Å². The summed E-state index contributed by atoms with van der Waals surface area (Å²) in [7, 11) is 3.06. The summed E-state index contributed by atoms with van der Waals surface area (Å²) in [4.78, 5) is 13.3. The molecule has 0 heterocycles. The quantitative estimate of drug-likeness (QED) is 0.761. The Morgan fingerprint density at radius 1 is 1.45 bits per heavy atom. The maximum atomic E-state index is 12.6. The van der Waals surface area contributed by atoms with Crippen LogP contribution in [0.25, 0.3) is 0 Å². The second-order valence-electron chi connectivity index (χ2n) is 4.32. The average molecular weight is 354 g/mol. The molecule has 0 bridgehead atoms. The van der Waals surface area contributed by atoms with Crippen LogP contribution in [0.15, 0.2) is 24.3 Å². The van der Waals surface area contributed by atoms with Crippen molar-refractivity contribution in [2.75, 3.05) is 27.3 Å². The topological polar surface area (TPSA) is 29.5 Å². The van der Waals surface area contributed by atoms with Crippen molar-refractivity contribution in [3.8, 4) is 0 Å². The first kappa shape index (κ1) is 17.0. The maximum Gasteiger partial charge on any atom is 0.416 e. The summed E-state index contributed by atoms with van der Waals surface area (Å²) in [6, 6.07) is 4.39. The Hall–Kier alpha value is -1.08. The number of alkyl halides is 4. The number of ether oxygens (including phenoxy) is 1. The van der Waals surface area contributed by atoms with Crippen molar-refractivity contribution in [2.45, 2.75) is 11.0 Å². The van der Waals surface area contributed by atoms with Gasteiger partial charge in [0.05, 0.1) is 17.0 Å². The van der Waals surface area contributed by atoms with E-state index in [2.05, 4.69) is 15.9 Å². The van der Waals surface area contributed by atoms with Crippen LogP contribution < -0.4 is 0 Å². The highest BCUT2D eigenvalue weighted by molar-refractivity contribution is 9.09. The molecule has 0 spiro atoms. The molecular formula is C13H15BrF3NO2. The lowest BCUT2D eigenvalue weighted by Gasteiger charge is -2.20. The molecule has 1 aromatic carbocycles. The molecule has 1 atom stereocenters. The molecule has 0 radical (unpaired) electrons. The van der Waals surface area contributed by atoms with Crippen LogP contribution in [0.2, 0.25) is 0 Å². The number of nitrogens with zero attached hydrogens (tertiary/aromatic N) is 1. The van der Waals surface area contributed by atoms with Gasteiger partial charge in [-0.2, -0.15) is 13.2 Å². The fourth-order valence-electron chi connectivity index (χ4n) is 1.66. The molecule has 1 aromatic rings. The van der Waals surface area contributed by atoms with Crippen molar-refractivity contribution in [3.63, 3.8) is 0 Å². The molecule has 0 aromatic heterocycles. The highest BCUT2D eigenvalue weighted by Crippen LogP contribution is 2.29. The third kappa shape index (κ3) is 4.79. The first-order valence-corrected chi connectivity index (χ1v) is 6.73. The van der Waals surface area contributed by atoms with Crippen LogP contribution in [0.4, 0.5) is 13.2 Å². The molecule has 0 saturated carbocycles. The Morgan fingerprint density at radius 3 is 2.65 bits per heavy atom. The van der Waals surface area contributed by atoms with E-state index >= 15 is 0 Å². The van der Waals surface area contributed by atoms with Crippen molar-refractivity contribution >= 4 is 21.8 Å². The number of methoxy groups -OCH3 is 1. The third-order valence-corrected chi connectivity index (χ3v) is 3.16. The minimum absolute atomic E-state index is 0.0134. The standard InChI is InChI=1S/C13H15BrF3NO2/c1-18(7-11(14)8-20-2)12(19)9-4-3-5-10(6-9)13(15,16)17/h3-6,11H,7-8H2,1-2H3. The summed E-state index contributed by atoms with van der Waals surface area (Å²) in [5, 5.41) is 0. The van der Waals surface area contributed by atoms with E-state index in [1.807, 2.05) is 0 Å². The summed E-state index contributed by atoms with van der Waals surface area (Å²) in [5.74, 6) is -0.461. The van der Waals surface area contributed by atoms with Gasteiger partial charge in [0.15, 0.2) is 0 Å². The highest BCUT2D eigenvalue weighted by atomic mass is 79.9. The minimum atomic E-state index is -4.46. The number of hydrogen-bond acceptors (Lipinski definition) is 2. The zero-order valence-corrected chi connectivity index (χ0v) is 12.7. The van der Waals surface area contributed by atoms with Gasteiger partial charge in [-0.1, -0.05) is 22.0 Å². The number of halogens is 4. The van der Waals surface area contributed by atoms with Gasteiger partial charge in [-0.25, -0.2) is 0 Å². The van der Waals surface area contributed by atoms with Crippen LogP contribution in [0, 0.1) is 0 Å². The summed E-state index contributed by atoms with van der Waals surface area (Å²) in [6.07, 6.45) is -4.46. The van der Waals surface area contributed by atoms with Crippen molar-refractivity contribution in [2.24, 2.45) is 0 Å². The molecule has 112 valence electrons. The van der Waals surface area contributed by atoms with Crippen LogP contribution in [0.5, 0.6) is 0 Å². The molecule has 0 aliphatic heterocycles. The predicted octanol–water partition coefficient (Wildman–Crippen LogP) is 3.19. The molecular weight excluding hydrogens is 339 g/mol. The number of carbonyl (C=O) groups is 1. The fourth-order valence-corrected chi connectivity index (χ4v) is 2.36. The Morgan fingerprint density at radius 2 is 2.10 bits per heavy atom. The van der Waals surface area contributed by atoms with Crippen molar-refractivity contribution in [1.29, 1.82) is 0 Å². The van der Waals surface area contributed by atoms with Gasteiger partial charge in [0.25, 0.3) is 5.91 Å². The van der Waals surface area contributed by atoms with Gasteiger partial charge in [-0.3, -0.25) is 4.79 Å². The van der Waals surface area contributed by atoms with Crippen molar-refractivity contribution in [1.82, 2.24) is 4.90 Å². The van der Waals surface area contributed by atoms with Gasteiger partial charge in [-0.05, 0) is 18.2 Å². The fraction of sp³-hybridized carbons (Fsp3) is 0.462. The van der Waals surface area contributed by atoms with Crippen LogP contribution in [-0.4, -0.2) is 42.9 Å². The number of benzene rings is 1. The molecule has 0 fully saturated rings. The molecule has 0 aliphatic carbocycles. The Balaban J connectivity index is 2.82. The zero-order valence-electron chi connectivity index (χ0n) is 11.1. The first-order valence-electron chi connectivity index (χ1n) is 5.81. The van der Waals surface area contributed by atoms with E-state index in [1.165, 1.54) is 31.2 Å². The van der Waals surface area contributed by atoms with Crippen LogP contribution in [0.1, 0.15) is 15.9 Å². The molecule has 1 rings (SSSR count).